The zero-order valence-corrected chi connectivity index (χ0v) is 25.2. The number of fused-ring (bicyclic) bond motifs is 1. The van der Waals surface area contributed by atoms with Gasteiger partial charge in [-0.1, -0.05) is 19.8 Å². The molecule has 0 saturated carbocycles. The lowest BCUT2D eigenvalue weighted by atomic mass is 10.1. The SMILES string of the molecule is CCCCCOc1cc(N2CCCN(Cc3ccnc4c3ccn4CC(=O)N3CCOC(CCO)C3)C2=O)ccc1OC. The van der Waals surface area contributed by atoms with Crippen molar-refractivity contribution < 1.29 is 28.9 Å². The summed E-state index contributed by atoms with van der Waals surface area (Å²) in [6, 6.07) is 9.51. The molecule has 0 bridgehead atoms. The molecule has 11 heteroatoms. The van der Waals surface area contributed by atoms with E-state index in [1.165, 1.54) is 0 Å². The molecule has 43 heavy (non-hydrogen) atoms. The van der Waals surface area contributed by atoms with Crippen LogP contribution in [0, 0.1) is 0 Å². The number of hydrogen-bond acceptors (Lipinski definition) is 7. The van der Waals surface area contributed by atoms with Crippen LogP contribution < -0.4 is 14.4 Å². The molecule has 1 aromatic carbocycles. The summed E-state index contributed by atoms with van der Waals surface area (Å²) in [5.74, 6) is 1.29. The van der Waals surface area contributed by atoms with Crippen molar-refractivity contribution in [3.05, 3.63) is 48.3 Å². The summed E-state index contributed by atoms with van der Waals surface area (Å²) in [7, 11) is 1.62. The average molecular weight is 594 g/mol. The number of aromatic nitrogens is 2. The summed E-state index contributed by atoms with van der Waals surface area (Å²) >= 11 is 0. The Morgan fingerprint density at radius 3 is 2.84 bits per heavy atom. The number of urea groups is 1. The first-order chi connectivity index (χ1) is 21.0. The number of aliphatic hydroxyl groups is 1. The average Bonchev–Trinajstić information content (AvgIpc) is 3.44. The number of rotatable bonds is 13. The molecule has 1 atom stereocenters. The number of hydrogen-bond donors (Lipinski definition) is 1. The number of pyridine rings is 1. The van der Waals surface area contributed by atoms with Crippen LogP contribution in [0.3, 0.4) is 0 Å². The minimum atomic E-state index is -0.140. The van der Waals surface area contributed by atoms with E-state index in [9.17, 15) is 14.7 Å². The third kappa shape index (κ3) is 7.22. The molecule has 1 N–H and O–H groups in total. The van der Waals surface area contributed by atoms with Crippen molar-refractivity contribution in [2.24, 2.45) is 0 Å². The van der Waals surface area contributed by atoms with Gasteiger partial charge in [0.25, 0.3) is 0 Å². The molecule has 1 unspecified atom stereocenters. The van der Waals surface area contributed by atoms with Crippen molar-refractivity contribution in [3.63, 3.8) is 0 Å². The van der Waals surface area contributed by atoms with E-state index in [-0.39, 0.29) is 31.2 Å². The topological polar surface area (TPSA) is 110 Å². The normalized spacial score (nSPS) is 17.5. The standard InChI is InChI=1S/C32H43N5O6/c1-3-4-5-18-43-29-20-25(7-8-28(29)41-2)37-14-6-13-36(32(37)40)21-24-9-12-33-31-27(24)10-15-35(31)23-30(39)34-16-19-42-26(22-34)11-17-38/h7-10,12,15,20,26,38H,3-6,11,13-14,16-19,21-23H2,1-2H3. The van der Waals surface area contributed by atoms with Crippen molar-refractivity contribution in [2.45, 2.75) is 58.2 Å². The third-order valence-corrected chi connectivity index (χ3v) is 8.14. The first-order valence-electron chi connectivity index (χ1n) is 15.3. The van der Waals surface area contributed by atoms with Gasteiger partial charge < -0.3 is 33.7 Å². The highest BCUT2D eigenvalue weighted by Gasteiger charge is 2.29. The van der Waals surface area contributed by atoms with E-state index in [0.29, 0.717) is 69.5 Å². The maximum absolute atomic E-state index is 13.7. The number of benzene rings is 1. The second kappa shape index (κ2) is 14.6. The molecule has 11 nitrogen and oxygen atoms in total. The quantitative estimate of drug-likeness (QED) is 0.298. The summed E-state index contributed by atoms with van der Waals surface area (Å²) in [5, 5.41) is 10.2. The third-order valence-electron chi connectivity index (χ3n) is 8.14. The van der Waals surface area contributed by atoms with Gasteiger partial charge in [-0.25, -0.2) is 9.78 Å². The van der Waals surface area contributed by atoms with Gasteiger partial charge in [-0.15, -0.1) is 0 Å². The predicted molar refractivity (Wildman–Crippen MR) is 164 cm³/mol. The number of ether oxygens (including phenoxy) is 3. The number of carbonyl (C=O) groups excluding carboxylic acids is 2. The minimum absolute atomic E-state index is 0.00834. The van der Waals surface area contributed by atoms with Gasteiger partial charge >= 0.3 is 6.03 Å². The number of morpholine rings is 1. The molecule has 2 aromatic heterocycles. The van der Waals surface area contributed by atoms with Gasteiger partial charge in [0.15, 0.2) is 11.5 Å². The van der Waals surface area contributed by atoms with Gasteiger partial charge in [0.1, 0.15) is 12.2 Å². The minimum Gasteiger partial charge on any atom is -0.493 e. The van der Waals surface area contributed by atoms with E-state index >= 15 is 0 Å². The Balaban J connectivity index is 1.27. The second-order valence-corrected chi connectivity index (χ2v) is 11.1. The van der Waals surface area contributed by atoms with Crippen molar-refractivity contribution >= 4 is 28.7 Å². The lowest BCUT2D eigenvalue weighted by Gasteiger charge is -2.36. The number of methoxy groups -OCH3 is 1. The van der Waals surface area contributed by atoms with Crippen molar-refractivity contribution in [2.75, 3.05) is 58.0 Å². The Labute approximate surface area is 252 Å². The van der Waals surface area contributed by atoms with Crippen LogP contribution in [0.5, 0.6) is 11.5 Å². The van der Waals surface area contributed by atoms with Crippen LogP contribution in [0.15, 0.2) is 42.7 Å². The number of nitrogens with zero attached hydrogens (tertiary/aromatic N) is 5. The lowest BCUT2D eigenvalue weighted by Crippen LogP contribution is -2.49. The Morgan fingerprint density at radius 1 is 1.14 bits per heavy atom. The Kier molecular flexibility index (Phi) is 10.4. The first-order valence-corrected chi connectivity index (χ1v) is 15.3. The molecule has 0 aliphatic carbocycles. The summed E-state index contributed by atoms with van der Waals surface area (Å²) in [4.78, 5) is 36.9. The van der Waals surface area contributed by atoms with Crippen molar-refractivity contribution in [1.82, 2.24) is 19.4 Å². The van der Waals surface area contributed by atoms with E-state index in [0.717, 1.165) is 42.3 Å². The second-order valence-electron chi connectivity index (χ2n) is 11.1. The highest BCUT2D eigenvalue weighted by Crippen LogP contribution is 2.34. The highest BCUT2D eigenvalue weighted by atomic mass is 16.5. The maximum Gasteiger partial charge on any atom is 0.324 e. The summed E-state index contributed by atoms with van der Waals surface area (Å²) < 4.78 is 19.0. The number of anilines is 1. The van der Waals surface area contributed by atoms with E-state index in [1.54, 1.807) is 23.1 Å². The van der Waals surface area contributed by atoms with Gasteiger partial charge in [-0.2, -0.15) is 0 Å². The summed E-state index contributed by atoms with van der Waals surface area (Å²) in [5.41, 5.74) is 2.48. The molecule has 2 aliphatic heterocycles. The van der Waals surface area contributed by atoms with Crippen LogP contribution in [-0.4, -0.2) is 95.6 Å². The predicted octanol–water partition coefficient (Wildman–Crippen LogP) is 4.06. The molecule has 232 valence electrons. The molecule has 3 amide bonds. The molecular formula is C32H43N5O6. The number of aliphatic hydroxyl groups excluding tert-OH is 1. The number of amides is 3. The van der Waals surface area contributed by atoms with E-state index in [2.05, 4.69) is 11.9 Å². The Bertz CT molecular complexity index is 1390. The Hall–Kier alpha value is -3.83. The van der Waals surface area contributed by atoms with E-state index < -0.39 is 0 Å². The van der Waals surface area contributed by atoms with Crippen LogP contribution >= 0.6 is 0 Å². The fourth-order valence-electron chi connectivity index (χ4n) is 5.78. The van der Waals surface area contributed by atoms with Crippen LogP contribution in [0.1, 0.15) is 44.6 Å². The largest absolute Gasteiger partial charge is 0.493 e. The number of unbranched alkanes of at least 4 members (excludes halogenated alkanes) is 2. The fourth-order valence-corrected chi connectivity index (χ4v) is 5.78. The zero-order chi connectivity index (χ0) is 30.2. The zero-order valence-electron chi connectivity index (χ0n) is 25.2. The summed E-state index contributed by atoms with van der Waals surface area (Å²) in [6.45, 7) is 6.17. The monoisotopic (exact) mass is 593 g/mol. The molecule has 5 rings (SSSR count). The molecule has 2 saturated heterocycles. The van der Waals surface area contributed by atoms with Crippen LogP contribution in [0.4, 0.5) is 10.5 Å². The maximum atomic E-state index is 13.7. The van der Waals surface area contributed by atoms with Crippen LogP contribution in [0.2, 0.25) is 0 Å². The van der Waals surface area contributed by atoms with E-state index in [1.807, 2.05) is 46.0 Å². The van der Waals surface area contributed by atoms with Crippen LogP contribution in [0.25, 0.3) is 11.0 Å². The van der Waals surface area contributed by atoms with Gasteiger partial charge in [0.05, 0.1) is 26.4 Å². The van der Waals surface area contributed by atoms with Crippen molar-refractivity contribution in [1.29, 1.82) is 0 Å². The smallest absolute Gasteiger partial charge is 0.324 e. The molecule has 2 fully saturated rings. The van der Waals surface area contributed by atoms with Gasteiger partial charge in [-0.05, 0) is 49.1 Å². The Morgan fingerprint density at radius 2 is 2.02 bits per heavy atom. The van der Waals surface area contributed by atoms with Gasteiger partial charge in [-0.3, -0.25) is 9.69 Å². The first kappa shape index (κ1) is 30.6. The molecule has 2 aliphatic rings. The van der Waals surface area contributed by atoms with Crippen molar-refractivity contribution in [3.8, 4) is 11.5 Å². The van der Waals surface area contributed by atoms with E-state index in [4.69, 9.17) is 14.2 Å². The fraction of sp³-hybridized carbons (Fsp3) is 0.531. The molecule has 3 aromatic rings. The molecular weight excluding hydrogens is 550 g/mol. The summed E-state index contributed by atoms with van der Waals surface area (Å²) in [6.07, 6.45) is 8.02. The van der Waals surface area contributed by atoms with Gasteiger partial charge in [0, 0.05) is 68.9 Å². The number of carbonyl (C=O) groups is 2. The molecule has 0 radical (unpaired) electrons. The molecule has 0 spiro atoms. The lowest BCUT2D eigenvalue weighted by molar-refractivity contribution is -0.139. The highest BCUT2D eigenvalue weighted by molar-refractivity contribution is 5.93. The van der Waals surface area contributed by atoms with Gasteiger partial charge in [0.2, 0.25) is 5.91 Å². The van der Waals surface area contributed by atoms with Crippen LogP contribution in [-0.2, 0) is 22.6 Å². The molecule has 4 heterocycles.